The van der Waals surface area contributed by atoms with Crippen LogP contribution in [0.25, 0.3) is 0 Å². The molecule has 7 heavy (non-hydrogen) atoms. The van der Waals surface area contributed by atoms with Gasteiger partial charge in [-0.1, -0.05) is 0 Å². The predicted octanol–water partition coefficient (Wildman–Crippen LogP) is 1.20. The monoisotopic (exact) mass is 182 g/mol. The van der Waals surface area contributed by atoms with Crippen LogP contribution >= 0.6 is 11.8 Å². The minimum absolute atomic E-state index is 0.854. The molecule has 42 valence electrons. The standard InChI is InChI=1S/C5H10SSe/c1-4(7)2-5-3-6-5/h4-5,7H,2-3H2,1H3. The summed E-state index contributed by atoms with van der Waals surface area (Å²) in [5.74, 6) is 1.42. The van der Waals surface area contributed by atoms with E-state index in [0.29, 0.717) is 0 Å². The summed E-state index contributed by atoms with van der Waals surface area (Å²) in [5, 5.41) is 1.03. The number of rotatable bonds is 2. The van der Waals surface area contributed by atoms with Crippen molar-refractivity contribution in [3.63, 3.8) is 0 Å². The van der Waals surface area contributed by atoms with Crippen molar-refractivity contribution < 1.29 is 0 Å². The van der Waals surface area contributed by atoms with Gasteiger partial charge in [-0.2, -0.15) is 0 Å². The van der Waals surface area contributed by atoms with Gasteiger partial charge in [0.15, 0.2) is 0 Å². The Kier molecular flexibility index (Phi) is 2.08. The first kappa shape index (κ1) is 6.00. The molecule has 0 aromatic rings. The molecule has 1 saturated heterocycles. The third-order valence-corrected chi connectivity index (χ3v) is 2.45. The molecule has 0 N–H and O–H groups in total. The molecule has 1 aliphatic rings. The summed E-state index contributed by atoms with van der Waals surface area (Å²) < 4.78 is 0. The van der Waals surface area contributed by atoms with Gasteiger partial charge in [-0.15, -0.1) is 0 Å². The van der Waals surface area contributed by atoms with Crippen molar-refractivity contribution in [2.24, 2.45) is 0 Å². The molecule has 0 saturated carbocycles. The molecule has 0 aromatic heterocycles. The molecule has 2 heteroatoms. The van der Waals surface area contributed by atoms with Crippen LogP contribution in [0.4, 0.5) is 0 Å². The van der Waals surface area contributed by atoms with E-state index in [2.05, 4.69) is 34.7 Å². The van der Waals surface area contributed by atoms with Crippen molar-refractivity contribution in [2.45, 2.75) is 23.4 Å². The van der Waals surface area contributed by atoms with Gasteiger partial charge < -0.3 is 0 Å². The molecule has 0 aromatic carbocycles. The van der Waals surface area contributed by atoms with Crippen molar-refractivity contribution in [3.05, 3.63) is 0 Å². The van der Waals surface area contributed by atoms with Gasteiger partial charge in [0.1, 0.15) is 0 Å². The van der Waals surface area contributed by atoms with Crippen LogP contribution in [0.5, 0.6) is 0 Å². The van der Waals surface area contributed by atoms with Crippen LogP contribution in [0.2, 0.25) is 4.82 Å². The molecule has 0 aliphatic carbocycles. The molecule has 2 atom stereocenters. The molecule has 2 unspecified atom stereocenters. The Labute approximate surface area is 57.3 Å². The van der Waals surface area contributed by atoms with Crippen molar-refractivity contribution in [2.75, 3.05) is 5.75 Å². The van der Waals surface area contributed by atoms with E-state index in [1.54, 1.807) is 0 Å². The first-order chi connectivity index (χ1) is 3.29. The first-order valence-electron chi connectivity index (χ1n) is 2.58. The van der Waals surface area contributed by atoms with Crippen LogP contribution < -0.4 is 0 Å². The third kappa shape index (κ3) is 2.63. The summed E-state index contributed by atoms with van der Waals surface area (Å²) in [6.45, 7) is 2.26. The second-order valence-electron chi connectivity index (χ2n) is 2.04. The Hall–Kier alpha value is 0.869. The van der Waals surface area contributed by atoms with E-state index < -0.39 is 0 Å². The molecular weight excluding hydrogens is 171 g/mol. The van der Waals surface area contributed by atoms with Crippen LogP contribution in [0, 0.1) is 0 Å². The minimum atomic E-state index is 0.854. The summed E-state index contributed by atoms with van der Waals surface area (Å²) in [5.41, 5.74) is 0. The normalized spacial score (nSPS) is 32.6. The molecule has 0 radical (unpaired) electrons. The molecule has 1 fully saturated rings. The first-order valence-corrected chi connectivity index (χ1v) is 4.72. The van der Waals surface area contributed by atoms with Gasteiger partial charge in [0.2, 0.25) is 0 Å². The van der Waals surface area contributed by atoms with E-state index in [0.717, 1.165) is 10.1 Å². The van der Waals surface area contributed by atoms with Gasteiger partial charge in [-0.3, -0.25) is 0 Å². The van der Waals surface area contributed by atoms with E-state index >= 15 is 0 Å². The molecule has 0 spiro atoms. The molecule has 0 amide bonds. The van der Waals surface area contributed by atoms with Crippen LogP contribution in [0.3, 0.4) is 0 Å². The molecule has 1 rings (SSSR count). The fourth-order valence-corrected chi connectivity index (χ4v) is 2.13. The molecule has 0 nitrogen and oxygen atoms in total. The summed E-state index contributed by atoms with van der Waals surface area (Å²) in [7, 11) is 0. The zero-order valence-corrected chi connectivity index (χ0v) is 7.12. The number of thioether (sulfide) groups is 1. The Morgan fingerprint density at radius 3 is 2.71 bits per heavy atom. The number of hydrogen-bond acceptors (Lipinski definition) is 1. The van der Waals surface area contributed by atoms with Gasteiger partial charge >= 0.3 is 56.9 Å². The third-order valence-electron chi connectivity index (χ3n) is 1.01. The average molecular weight is 181 g/mol. The predicted molar refractivity (Wildman–Crippen MR) is 37.4 cm³/mol. The van der Waals surface area contributed by atoms with E-state index in [1.807, 2.05) is 0 Å². The van der Waals surface area contributed by atoms with Gasteiger partial charge in [-0.05, 0) is 0 Å². The second kappa shape index (κ2) is 2.43. The van der Waals surface area contributed by atoms with Crippen LogP contribution in [-0.2, 0) is 0 Å². The summed E-state index contributed by atoms with van der Waals surface area (Å²) in [6.07, 6.45) is 1.41. The zero-order chi connectivity index (χ0) is 5.28. The topological polar surface area (TPSA) is 0 Å². The second-order valence-corrected chi connectivity index (χ2v) is 5.22. The Balaban J connectivity index is 1.97. The van der Waals surface area contributed by atoms with E-state index in [9.17, 15) is 0 Å². The van der Waals surface area contributed by atoms with E-state index in [1.165, 1.54) is 12.2 Å². The molecule has 1 heterocycles. The van der Waals surface area contributed by atoms with Crippen molar-refractivity contribution in [3.8, 4) is 0 Å². The van der Waals surface area contributed by atoms with Gasteiger partial charge in [0.05, 0.1) is 0 Å². The maximum atomic E-state index is 2.69. The van der Waals surface area contributed by atoms with Crippen LogP contribution in [0.15, 0.2) is 0 Å². The fraction of sp³-hybridized carbons (Fsp3) is 1.00. The molecule has 0 bridgehead atoms. The van der Waals surface area contributed by atoms with Crippen molar-refractivity contribution in [1.29, 1.82) is 0 Å². The average Bonchev–Trinajstić information content (AvgIpc) is 2.17. The molecule has 1 aliphatic heterocycles. The van der Waals surface area contributed by atoms with E-state index in [-0.39, 0.29) is 0 Å². The van der Waals surface area contributed by atoms with Gasteiger partial charge in [0, 0.05) is 0 Å². The van der Waals surface area contributed by atoms with Crippen molar-refractivity contribution in [1.82, 2.24) is 0 Å². The Bertz CT molecular complexity index is 59.1. The zero-order valence-electron chi connectivity index (χ0n) is 4.42. The fourth-order valence-electron chi connectivity index (χ4n) is 0.585. The summed E-state index contributed by atoms with van der Waals surface area (Å²) >= 11 is 4.78. The Morgan fingerprint density at radius 2 is 2.57 bits per heavy atom. The quantitative estimate of drug-likeness (QED) is 0.455. The van der Waals surface area contributed by atoms with Crippen LogP contribution in [0.1, 0.15) is 13.3 Å². The van der Waals surface area contributed by atoms with E-state index in [4.69, 9.17) is 0 Å². The van der Waals surface area contributed by atoms with Gasteiger partial charge in [-0.25, -0.2) is 0 Å². The van der Waals surface area contributed by atoms with Crippen LogP contribution in [-0.4, -0.2) is 27.0 Å². The van der Waals surface area contributed by atoms with Gasteiger partial charge in [0.25, 0.3) is 0 Å². The number of hydrogen-bond donors (Lipinski definition) is 0. The SMILES string of the molecule is CC([SeH])CC1CS1. The Morgan fingerprint density at radius 1 is 2.00 bits per heavy atom. The van der Waals surface area contributed by atoms with Crippen molar-refractivity contribution >= 4 is 27.8 Å². The summed E-state index contributed by atoms with van der Waals surface area (Å²) in [6, 6.07) is 0. The molecular formula is C5H10SSe. The summed E-state index contributed by atoms with van der Waals surface area (Å²) in [4.78, 5) is 0.854. The maximum absolute atomic E-state index is 2.69.